The fraction of sp³-hybridized carbons (Fsp3) is 0.733. The number of aliphatic hydroxyl groups is 1. The first-order valence-electron chi connectivity index (χ1n) is 7.59. The number of ether oxygens (including phenoxy) is 1. The van der Waals surface area contributed by atoms with Gasteiger partial charge in [-0.15, -0.1) is 0 Å². The zero-order chi connectivity index (χ0) is 15.4. The number of aromatic nitrogens is 2. The first-order chi connectivity index (χ1) is 10.0. The van der Waals surface area contributed by atoms with Crippen molar-refractivity contribution < 1.29 is 14.6 Å². The van der Waals surface area contributed by atoms with E-state index in [-0.39, 0.29) is 24.3 Å². The highest BCUT2D eigenvalue weighted by atomic mass is 16.5. The van der Waals surface area contributed by atoms with Crippen LogP contribution in [0.4, 0.5) is 0 Å². The molecule has 0 aromatic carbocycles. The molecule has 6 heteroatoms. The average molecular weight is 295 g/mol. The van der Waals surface area contributed by atoms with Crippen LogP contribution in [-0.4, -0.2) is 47.1 Å². The molecule has 2 heterocycles. The van der Waals surface area contributed by atoms with Crippen molar-refractivity contribution in [3.05, 3.63) is 17.0 Å². The number of rotatable bonds is 5. The molecule has 0 saturated carbocycles. The highest BCUT2D eigenvalue weighted by Gasteiger charge is 2.24. The first kappa shape index (κ1) is 16.0. The molecule has 1 amide bonds. The van der Waals surface area contributed by atoms with E-state index >= 15 is 0 Å². The highest BCUT2D eigenvalue weighted by molar-refractivity contribution is 5.96. The SMILES string of the molecule is Cc1[nH]nc(C(C)C)c1C(=O)NCC(O)C1CCOCC1. The molecule has 0 radical (unpaired) electrons. The van der Waals surface area contributed by atoms with Gasteiger partial charge in [-0.25, -0.2) is 0 Å². The van der Waals surface area contributed by atoms with Gasteiger partial charge in [-0.1, -0.05) is 13.8 Å². The fourth-order valence-electron chi connectivity index (χ4n) is 2.71. The summed E-state index contributed by atoms with van der Waals surface area (Å²) in [6, 6.07) is 0. The number of nitrogens with zero attached hydrogens (tertiary/aromatic N) is 1. The van der Waals surface area contributed by atoms with E-state index in [2.05, 4.69) is 15.5 Å². The van der Waals surface area contributed by atoms with Crippen molar-refractivity contribution in [1.29, 1.82) is 0 Å². The third kappa shape index (κ3) is 3.83. The topological polar surface area (TPSA) is 87.2 Å². The molecule has 6 nitrogen and oxygen atoms in total. The fourth-order valence-corrected chi connectivity index (χ4v) is 2.71. The number of H-pyrrole nitrogens is 1. The van der Waals surface area contributed by atoms with Crippen LogP contribution >= 0.6 is 0 Å². The first-order valence-corrected chi connectivity index (χ1v) is 7.59. The summed E-state index contributed by atoms with van der Waals surface area (Å²) in [6.07, 6.45) is 1.17. The maximum atomic E-state index is 12.3. The largest absolute Gasteiger partial charge is 0.391 e. The molecule has 2 rings (SSSR count). The average Bonchev–Trinajstić information content (AvgIpc) is 2.87. The molecule has 1 aromatic heterocycles. The molecule has 1 atom stereocenters. The van der Waals surface area contributed by atoms with Crippen molar-refractivity contribution in [2.24, 2.45) is 5.92 Å². The lowest BCUT2D eigenvalue weighted by molar-refractivity contribution is 0.00872. The summed E-state index contributed by atoms with van der Waals surface area (Å²) in [5.74, 6) is 0.209. The predicted octanol–water partition coefficient (Wildman–Crippen LogP) is 1.36. The molecule has 1 aliphatic heterocycles. The molecule has 21 heavy (non-hydrogen) atoms. The van der Waals surface area contributed by atoms with Crippen molar-refractivity contribution >= 4 is 5.91 Å². The lowest BCUT2D eigenvalue weighted by Crippen LogP contribution is -2.38. The van der Waals surface area contributed by atoms with Crippen LogP contribution in [-0.2, 0) is 4.74 Å². The lowest BCUT2D eigenvalue weighted by Gasteiger charge is -2.26. The van der Waals surface area contributed by atoms with Gasteiger partial charge in [0.2, 0.25) is 0 Å². The summed E-state index contributed by atoms with van der Waals surface area (Å²) in [5.41, 5.74) is 2.13. The van der Waals surface area contributed by atoms with E-state index in [9.17, 15) is 9.90 Å². The minimum absolute atomic E-state index is 0.170. The third-order valence-electron chi connectivity index (χ3n) is 4.03. The Bertz CT molecular complexity index is 479. The van der Waals surface area contributed by atoms with Gasteiger partial charge in [0.15, 0.2) is 0 Å². The Morgan fingerprint density at radius 1 is 1.48 bits per heavy atom. The molecule has 1 unspecified atom stereocenters. The van der Waals surface area contributed by atoms with Gasteiger partial charge in [0.1, 0.15) is 0 Å². The zero-order valence-corrected chi connectivity index (χ0v) is 13.0. The van der Waals surface area contributed by atoms with Crippen molar-refractivity contribution in [2.75, 3.05) is 19.8 Å². The molecule has 3 N–H and O–H groups in total. The Balaban J connectivity index is 1.94. The quantitative estimate of drug-likeness (QED) is 0.765. The number of carbonyl (C=O) groups excluding carboxylic acids is 1. The normalized spacial score (nSPS) is 18.0. The molecular formula is C15H25N3O3. The van der Waals surface area contributed by atoms with E-state index in [1.54, 1.807) is 0 Å². The summed E-state index contributed by atoms with van der Waals surface area (Å²) in [5, 5.41) is 20.1. The van der Waals surface area contributed by atoms with E-state index in [1.165, 1.54) is 0 Å². The lowest BCUT2D eigenvalue weighted by atomic mass is 9.94. The van der Waals surface area contributed by atoms with Crippen LogP contribution in [0.2, 0.25) is 0 Å². The molecule has 0 aliphatic carbocycles. The van der Waals surface area contributed by atoms with Crippen molar-refractivity contribution in [1.82, 2.24) is 15.5 Å². The van der Waals surface area contributed by atoms with Gasteiger partial charge in [0.05, 0.1) is 17.4 Å². The second-order valence-corrected chi connectivity index (χ2v) is 5.99. The predicted molar refractivity (Wildman–Crippen MR) is 79.3 cm³/mol. The number of aryl methyl sites for hydroxylation is 1. The van der Waals surface area contributed by atoms with Crippen LogP contribution in [0.25, 0.3) is 0 Å². The Labute approximate surface area is 125 Å². The number of amides is 1. The highest BCUT2D eigenvalue weighted by Crippen LogP contribution is 2.20. The van der Waals surface area contributed by atoms with Gasteiger partial charge in [-0.2, -0.15) is 5.10 Å². The van der Waals surface area contributed by atoms with Crippen LogP contribution < -0.4 is 5.32 Å². The van der Waals surface area contributed by atoms with E-state index in [0.717, 1.165) is 24.2 Å². The molecule has 1 aliphatic rings. The standard InChI is InChI=1S/C15H25N3O3/c1-9(2)14-13(10(3)17-18-14)15(20)16-8-12(19)11-4-6-21-7-5-11/h9,11-12,19H,4-8H2,1-3H3,(H,16,20)(H,17,18). The Morgan fingerprint density at radius 2 is 2.14 bits per heavy atom. The third-order valence-corrected chi connectivity index (χ3v) is 4.03. The number of hydrogen-bond donors (Lipinski definition) is 3. The molecule has 118 valence electrons. The molecule has 0 spiro atoms. The second kappa shape index (κ2) is 7.04. The van der Waals surface area contributed by atoms with Crippen LogP contribution in [0.15, 0.2) is 0 Å². The maximum Gasteiger partial charge on any atom is 0.255 e. The van der Waals surface area contributed by atoms with Crippen molar-refractivity contribution in [2.45, 2.75) is 45.6 Å². The molecular weight excluding hydrogens is 270 g/mol. The summed E-state index contributed by atoms with van der Waals surface area (Å²) < 4.78 is 5.28. The van der Waals surface area contributed by atoms with E-state index < -0.39 is 6.10 Å². The van der Waals surface area contributed by atoms with Crippen LogP contribution in [0.3, 0.4) is 0 Å². The van der Waals surface area contributed by atoms with E-state index in [4.69, 9.17) is 4.74 Å². The van der Waals surface area contributed by atoms with Gasteiger partial charge >= 0.3 is 0 Å². The number of nitrogens with one attached hydrogen (secondary N) is 2. The van der Waals surface area contributed by atoms with Gasteiger partial charge in [-0.3, -0.25) is 9.89 Å². The van der Waals surface area contributed by atoms with Crippen molar-refractivity contribution in [3.8, 4) is 0 Å². The van der Waals surface area contributed by atoms with Gasteiger partial charge < -0.3 is 15.2 Å². The molecule has 1 saturated heterocycles. The number of hydrogen-bond acceptors (Lipinski definition) is 4. The second-order valence-electron chi connectivity index (χ2n) is 5.99. The minimum atomic E-state index is -0.521. The van der Waals surface area contributed by atoms with E-state index in [1.807, 2.05) is 20.8 Å². The molecule has 0 bridgehead atoms. The Morgan fingerprint density at radius 3 is 2.76 bits per heavy atom. The van der Waals surface area contributed by atoms with Gasteiger partial charge in [-0.05, 0) is 31.6 Å². The smallest absolute Gasteiger partial charge is 0.255 e. The summed E-state index contributed by atoms with van der Waals surface area (Å²) in [6.45, 7) is 7.49. The summed E-state index contributed by atoms with van der Waals surface area (Å²) >= 11 is 0. The number of aromatic amines is 1. The monoisotopic (exact) mass is 295 g/mol. The zero-order valence-electron chi connectivity index (χ0n) is 13.0. The van der Waals surface area contributed by atoms with E-state index in [0.29, 0.717) is 18.8 Å². The summed E-state index contributed by atoms with van der Waals surface area (Å²) in [7, 11) is 0. The van der Waals surface area contributed by atoms with Gasteiger partial charge in [0, 0.05) is 25.5 Å². The Hall–Kier alpha value is -1.40. The van der Waals surface area contributed by atoms with Crippen LogP contribution in [0.5, 0.6) is 0 Å². The maximum absolute atomic E-state index is 12.3. The molecule has 1 aromatic rings. The molecule has 1 fully saturated rings. The van der Waals surface area contributed by atoms with Gasteiger partial charge in [0.25, 0.3) is 5.91 Å². The van der Waals surface area contributed by atoms with Crippen LogP contribution in [0, 0.1) is 12.8 Å². The summed E-state index contributed by atoms with van der Waals surface area (Å²) in [4.78, 5) is 12.3. The Kier molecular flexibility index (Phi) is 5.36. The number of carbonyl (C=O) groups is 1. The number of aliphatic hydroxyl groups excluding tert-OH is 1. The minimum Gasteiger partial charge on any atom is -0.391 e. The van der Waals surface area contributed by atoms with Crippen LogP contribution in [0.1, 0.15) is 54.4 Å². The van der Waals surface area contributed by atoms with Crippen molar-refractivity contribution in [3.63, 3.8) is 0 Å².